The zero-order chi connectivity index (χ0) is 29.1. The van der Waals surface area contributed by atoms with Gasteiger partial charge in [0, 0.05) is 27.4 Å². The zero-order valence-corrected chi connectivity index (χ0v) is 24.2. The average molecular weight is 623 g/mol. The van der Waals surface area contributed by atoms with Crippen molar-refractivity contribution in [3.8, 4) is 17.0 Å². The van der Waals surface area contributed by atoms with Gasteiger partial charge in [0.05, 0.1) is 29.8 Å². The first-order valence-electron chi connectivity index (χ1n) is 13.3. The van der Waals surface area contributed by atoms with Gasteiger partial charge in [-0.05, 0) is 61.6 Å². The molecule has 0 saturated heterocycles. The molecule has 1 N–H and O–H groups in total. The molecular formula is C32H29BrF2N2O4. The standard InChI is InChI=1S/C32H29BrF2N2O4/c1-18-28(24-17-21(33)13-15-26(24)36-29(18)19-8-4-3-5-9-19)30(38)37-25-14-12-20(31(39)40-2)16-23(25)22-10-6-7-11-27(22)41-32(34)35/h3-11,13,15,17,20,23,25,32H,12,14,16H2,1-2H3,(H,37,38). The minimum atomic E-state index is -3.01. The third-order valence-electron chi connectivity index (χ3n) is 7.70. The number of alkyl halides is 2. The van der Waals surface area contributed by atoms with E-state index in [1.54, 1.807) is 18.2 Å². The first kappa shape index (κ1) is 28.7. The van der Waals surface area contributed by atoms with Crippen molar-refractivity contribution in [1.29, 1.82) is 0 Å². The number of para-hydroxylation sites is 1. The first-order valence-corrected chi connectivity index (χ1v) is 14.1. The lowest BCUT2D eigenvalue weighted by atomic mass is 9.74. The maximum atomic E-state index is 14.2. The molecule has 3 aromatic carbocycles. The molecule has 0 bridgehead atoms. The molecule has 1 aliphatic carbocycles. The number of carbonyl (C=O) groups is 2. The van der Waals surface area contributed by atoms with Gasteiger partial charge in [-0.25, -0.2) is 4.98 Å². The number of esters is 1. The molecule has 0 aliphatic heterocycles. The number of rotatable bonds is 7. The summed E-state index contributed by atoms with van der Waals surface area (Å²) in [5, 5.41) is 3.89. The number of hydrogen-bond acceptors (Lipinski definition) is 5. The van der Waals surface area contributed by atoms with Gasteiger partial charge in [-0.15, -0.1) is 0 Å². The monoisotopic (exact) mass is 622 g/mol. The second-order valence-electron chi connectivity index (χ2n) is 10.1. The van der Waals surface area contributed by atoms with E-state index in [2.05, 4.69) is 21.2 Å². The Hall–Kier alpha value is -3.85. The van der Waals surface area contributed by atoms with Crippen LogP contribution in [-0.4, -0.2) is 36.6 Å². The highest BCUT2D eigenvalue weighted by Crippen LogP contribution is 2.41. The third-order valence-corrected chi connectivity index (χ3v) is 8.19. The summed E-state index contributed by atoms with van der Waals surface area (Å²) in [6.07, 6.45) is 1.26. The van der Waals surface area contributed by atoms with Crippen molar-refractivity contribution in [3.05, 3.63) is 94.0 Å². The van der Waals surface area contributed by atoms with Crippen LogP contribution in [0, 0.1) is 12.8 Å². The van der Waals surface area contributed by atoms with Crippen LogP contribution < -0.4 is 10.1 Å². The molecule has 0 spiro atoms. The summed E-state index contributed by atoms with van der Waals surface area (Å²) in [6, 6.07) is 21.4. The van der Waals surface area contributed by atoms with Gasteiger partial charge in [-0.3, -0.25) is 9.59 Å². The van der Waals surface area contributed by atoms with E-state index in [1.807, 2.05) is 55.5 Å². The molecular weight excluding hydrogens is 594 g/mol. The van der Waals surface area contributed by atoms with Crippen LogP contribution in [0.2, 0.25) is 0 Å². The van der Waals surface area contributed by atoms with E-state index < -0.39 is 24.5 Å². The molecule has 41 heavy (non-hydrogen) atoms. The lowest BCUT2D eigenvalue weighted by Gasteiger charge is -2.36. The van der Waals surface area contributed by atoms with E-state index in [4.69, 9.17) is 14.5 Å². The van der Waals surface area contributed by atoms with Gasteiger partial charge in [0.25, 0.3) is 5.91 Å². The molecule has 1 aliphatic rings. The largest absolute Gasteiger partial charge is 0.469 e. The molecule has 6 nitrogen and oxygen atoms in total. The second-order valence-corrected chi connectivity index (χ2v) is 11.0. The number of benzene rings is 3. The number of ether oxygens (including phenoxy) is 2. The highest BCUT2D eigenvalue weighted by Gasteiger charge is 2.38. The van der Waals surface area contributed by atoms with E-state index in [1.165, 1.54) is 13.2 Å². The van der Waals surface area contributed by atoms with E-state index in [0.717, 1.165) is 15.6 Å². The van der Waals surface area contributed by atoms with E-state index >= 15 is 0 Å². The van der Waals surface area contributed by atoms with Crippen molar-refractivity contribution in [2.75, 3.05) is 7.11 Å². The summed E-state index contributed by atoms with van der Waals surface area (Å²) < 4.78 is 37.2. The van der Waals surface area contributed by atoms with E-state index in [-0.39, 0.29) is 17.6 Å². The van der Waals surface area contributed by atoms with E-state index in [0.29, 0.717) is 47.0 Å². The molecule has 1 heterocycles. The van der Waals surface area contributed by atoms with Crippen LogP contribution in [0.1, 0.15) is 46.7 Å². The minimum absolute atomic E-state index is 0.0260. The van der Waals surface area contributed by atoms with Crippen molar-refractivity contribution >= 4 is 38.7 Å². The molecule has 212 valence electrons. The van der Waals surface area contributed by atoms with Crippen molar-refractivity contribution in [2.45, 2.75) is 44.8 Å². The summed E-state index contributed by atoms with van der Waals surface area (Å²) in [6.45, 7) is -1.13. The van der Waals surface area contributed by atoms with Crippen LogP contribution in [0.4, 0.5) is 8.78 Å². The van der Waals surface area contributed by atoms with E-state index in [9.17, 15) is 18.4 Å². The van der Waals surface area contributed by atoms with Crippen molar-refractivity contribution in [2.24, 2.45) is 5.92 Å². The van der Waals surface area contributed by atoms with Gasteiger partial charge in [0.15, 0.2) is 0 Å². The smallest absolute Gasteiger partial charge is 0.387 e. The summed E-state index contributed by atoms with van der Waals surface area (Å²) >= 11 is 3.52. The van der Waals surface area contributed by atoms with Crippen LogP contribution in [0.3, 0.4) is 0 Å². The normalized spacial score (nSPS) is 18.7. The third kappa shape index (κ3) is 6.10. The molecule has 4 aromatic rings. The number of methoxy groups -OCH3 is 1. The fourth-order valence-electron chi connectivity index (χ4n) is 5.80. The molecule has 1 fully saturated rings. The van der Waals surface area contributed by atoms with Crippen LogP contribution >= 0.6 is 15.9 Å². The lowest BCUT2D eigenvalue weighted by Crippen LogP contribution is -2.44. The van der Waals surface area contributed by atoms with Gasteiger partial charge in [-0.2, -0.15) is 8.78 Å². The molecule has 1 amide bonds. The summed E-state index contributed by atoms with van der Waals surface area (Å²) in [4.78, 5) is 31.5. The highest BCUT2D eigenvalue weighted by atomic mass is 79.9. The Morgan fingerprint density at radius 2 is 1.76 bits per heavy atom. The molecule has 3 atom stereocenters. The SMILES string of the molecule is COC(=O)C1CCC(NC(=O)c2c(C)c(-c3ccccc3)nc3ccc(Br)cc23)C(c2ccccc2OC(F)F)C1. The number of pyridine rings is 1. The van der Waals surface area contributed by atoms with Crippen molar-refractivity contribution in [1.82, 2.24) is 10.3 Å². The molecule has 0 radical (unpaired) electrons. The number of amides is 1. The van der Waals surface area contributed by atoms with Gasteiger partial charge in [-0.1, -0.05) is 64.5 Å². The summed E-state index contributed by atoms with van der Waals surface area (Å²) in [7, 11) is 1.33. The average Bonchev–Trinajstić information content (AvgIpc) is 2.97. The number of nitrogens with zero attached hydrogens (tertiary/aromatic N) is 1. The Kier molecular flexibility index (Phi) is 8.63. The maximum absolute atomic E-state index is 14.2. The van der Waals surface area contributed by atoms with Gasteiger partial charge >= 0.3 is 12.6 Å². The summed E-state index contributed by atoms with van der Waals surface area (Å²) in [5.41, 5.74) is 3.98. The quantitative estimate of drug-likeness (QED) is 0.217. The van der Waals surface area contributed by atoms with Gasteiger partial charge in [0.1, 0.15) is 5.75 Å². The minimum Gasteiger partial charge on any atom is -0.469 e. The number of fused-ring (bicyclic) bond motifs is 1. The summed E-state index contributed by atoms with van der Waals surface area (Å²) in [5.74, 6) is -1.52. The Morgan fingerprint density at radius 1 is 1.02 bits per heavy atom. The van der Waals surface area contributed by atoms with Crippen LogP contribution in [0.15, 0.2) is 77.3 Å². The predicted octanol–water partition coefficient (Wildman–Crippen LogP) is 7.43. The fraction of sp³-hybridized carbons (Fsp3) is 0.281. The lowest BCUT2D eigenvalue weighted by molar-refractivity contribution is -0.146. The first-order chi connectivity index (χ1) is 19.8. The number of aromatic nitrogens is 1. The number of nitrogens with one attached hydrogen (secondary N) is 1. The zero-order valence-electron chi connectivity index (χ0n) is 22.6. The Morgan fingerprint density at radius 3 is 2.49 bits per heavy atom. The maximum Gasteiger partial charge on any atom is 0.387 e. The van der Waals surface area contributed by atoms with Gasteiger partial charge < -0.3 is 14.8 Å². The number of hydrogen-bond donors (Lipinski definition) is 1. The molecule has 9 heteroatoms. The van der Waals surface area contributed by atoms with Crippen LogP contribution in [0.5, 0.6) is 5.75 Å². The van der Waals surface area contributed by atoms with Crippen LogP contribution in [-0.2, 0) is 9.53 Å². The molecule has 3 unspecified atom stereocenters. The molecule has 1 aromatic heterocycles. The molecule has 5 rings (SSSR count). The predicted molar refractivity (Wildman–Crippen MR) is 156 cm³/mol. The second kappa shape index (κ2) is 12.3. The topological polar surface area (TPSA) is 77.5 Å². The number of halogens is 3. The molecule has 1 saturated carbocycles. The van der Waals surface area contributed by atoms with Crippen molar-refractivity contribution in [3.63, 3.8) is 0 Å². The van der Waals surface area contributed by atoms with Crippen LogP contribution in [0.25, 0.3) is 22.2 Å². The Labute approximate surface area is 245 Å². The highest BCUT2D eigenvalue weighted by molar-refractivity contribution is 9.10. The Bertz CT molecular complexity index is 1580. The van der Waals surface area contributed by atoms with Crippen molar-refractivity contribution < 1.29 is 27.8 Å². The number of carbonyl (C=O) groups excluding carboxylic acids is 2. The van der Waals surface area contributed by atoms with Gasteiger partial charge in [0.2, 0.25) is 0 Å². The fourth-order valence-corrected chi connectivity index (χ4v) is 6.16. The Balaban J connectivity index is 1.57.